The zero-order chi connectivity index (χ0) is 21.0. The Kier molecular flexibility index (Phi) is 11.9. The van der Waals surface area contributed by atoms with Crippen LogP contribution >= 0.6 is 0 Å². The van der Waals surface area contributed by atoms with Crippen LogP contribution in [0.2, 0.25) is 0 Å². The third-order valence-corrected chi connectivity index (χ3v) is 3.67. The van der Waals surface area contributed by atoms with Crippen molar-refractivity contribution in [2.45, 2.75) is 50.4 Å². The number of amides is 3. The molecule has 0 saturated heterocycles. The van der Waals surface area contributed by atoms with E-state index in [0.717, 1.165) is 0 Å². The van der Waals surface area contributed by atoms with E-state index in [1.165, 1.54) is 6.92 Å². The van der Waals surface area contributed by atoms with Crippen LogP contribution in [0.25, 0.3) is 0 Å². The van der Waals surface area contributed by atoms with Gasteiger partial charge >= 0.3 is 5.97 Å². The minimum Gasteiger partial charge on any atom is -0.480 e. The van der Waals surface area contributed by atoms with Gasteiger partial charge in [0.05, 0.1) is 19.3 Å². The molecule has 0 bridgehead atoms. The number of carboxylic acid groups (broad SMARTS) is 1. The fraction of sp³-hybridized carbons (Fsp3) is 0.733. The molecule has 0 rings (SSSR count). The van der Waals surface area contributed by atoms with E-state index >= 15 is 0 Å². The Morgan fingerprint density at radius 1 is 0.889 bits per heavy atom. The number of aliphatic hydroxyl groups is 2. The highest BCUT2D eigenvalue weighted by atomic mass is 16.4. The number of carbonyl (C=O) groups is 4. The van der Waals surface area contributed by atoms with Gasteiger partial charge in [0.1, 0.15) is 18.1 Å². The van der Waals surface area contributed by atoms with Crippen molar-refractivity contribution in [2.75, 3.05) is 19.8 Å². The highest BCUT2D eigenvalue weighted by Crippen LogP contribution is 1.99. The molecule has 0 radical (unpaired) electrons. The predicted molar refractivity (Wildman–Crippen MR) is 94.2 cm³/mol. The van der Waals surface area contributed by atoms with Gasteiger partial charge in [-0.25, -0.2) is 4.79 Å². The van der Waals surface area contributed by atoms with Crippen molar-refractivity contribution >= 4 is 23.7 Å². The van der Waals surface area contributed by atoms with Crippen LogP contribution in [-0.2, 0) is 19.2 Å². The summed E-state index contributed by atoms with van der Waals surface area (Å²) in [5.41, 5.74) is 11.1. The molecule has 0 saturated carbocycles. The SMILES string of the molecule is CC(NC(=O)C(CO)NC(=O)C(N)CCCCN)C(=O)NC(CO)C(=O)O. The number of aliphatic carboxylic acids is 1. The van der Waals surface area contributed by atoms with E-state index in [2.05, 4.69) is 10.6 Å². The molecule has 10 N–H and O–H groups in total. The van der Waals surface area contributed by atoms with Crippen LogP contribution in [0.1, 0.15) is 26.2 Å². The van der Waals surface area contributed by atoms with E-state index in [0.29, 0.717) is 25.8 Å². The molecular formula is C15H29N5O7. The van der Waals surface area contributed by atoms with Gasteiger partial charge in [-0.3, -0.25) is 14.4 Å². The van der Waals surface area contributed by atoms with Crippen LogP contribution in [0.3, 0.4) is 0 Å². The number of aliphatic hydroxyl groups excluding tert-OH is 2. The third kappa shape index (κ3) is 9.28. The fourth-order valence-electron chi connectivity index (χ4n) is 1.97. The molecule has 4 atom stereocenters. The zero-order valence-corrected chi connectivity index (χ0v) is 15.2. The molecule has 3 amide bonds. The van der Waals surface area contributed by atoms with Gasteiger partial charge in [0.25, 0.3) is 0 Å². The molecule has 0 aliphatic heterocycles. The molecule has 27 heavy (non-hydrogen) atoms. The normalized spacial score (nSPS) is 15.1. The number of rotatable bonds is 13. The Morgan fingerprint density at radius 3 is 1.93 bits per heavy atom. The highest BCUT2D eigenvalue weighted by molar-refractivity contribution is 5.93. The summed E-state index contributed by atoms with van der Waals surface area (Å²) in [5, 5.41) is 33.5. The second-order valence-corrected chi connectivity index (χ2v) is 5.95. The molecule has 4 unspecified atom stereocenters. The Morgan fingerprint density at radius 2 is 1.44 bits per heavy atom. The van der Waals surface area contributed by atoms with Gasteiger partial charge in [-0.1, -0.05) is 6.42 Å². The number of hydrogen-bond acceptors (Lipinski definition) is 8. The Balaban J connectivity index is 4.63. The Hall–Kier alpha value is -2.28. The maximum Gasteiger partial charge on any atom is 0.328 e. The first-order chi connectivity index (χ1) is 12.7. The minimum atomic E-state index is -1.52. The van der Waals surface area contributed by atoms with Crippen LogP contribution in [-0.4, -0.2) is 82.9 Å². The molecule has 0 aliphatic rings. The van der Waals surface area contributed by atoms with Crippen molar-refractivity contribution in [3.63, 3.8) is 0 Å². The fourth-order valence-corrected chi connectivity index (χ4v) is 1.97. The Labute approximate surface area is 156 Å². The molecule has 156 valence electrons. The quantitative estimate of drug-likeness (QED) is 0.143. The van der Waals surface area contributed by atoms with Gasteiger partial charge in [-0.15, -0.1) is 0 Å². The average molecular weight is 391 g/mol. The lowest BCUT2D eigenvalue weighted by Crippen LogP contribution is -2.57. The lowest BCUT2D eigenvalue weighted by molar-refractivity contribution is -0.143. The van der Waals surface area contributed by atoms with Crippen LogP contribution in [0, 0.1) is 0 Å². The smallest absolute Gasteiger partial charge is 0.328 e. The van der Waals surface area contributed by atoms with Crippen molar-refractivity contribution in [3.05, 3.63) is 0 Å². The van der Waals surface area contributed by atoms with E-state index in [1.807, 2.05) is 5.32 Å². The topological polar surface area (TPSA) is 217 Å². The largest absolute Gasteiger partial charge is 0.480 e. The van der Waals surface area contributed by atoms with Gasteiger partial charge in [0.2, 0.25) is 17.7 Å². The molecule has 12 nitrogen and oxygen atoms in total. The van der Waals surface area contributed by atoms with Crippen LogP contribution in [0.5, 0.6) is 0 Å². The molecule has 0 aromatic carbocycles. The molecule has 0 spiro atoms. The van der Waals surface area contributed by atoms with Crippen molar-refractivity contribution in [1.82, 2.24) is 16.0 Å². The summed E-state index contributed by atoms with van der Waals surface area (Å²) in [4.78, 5) is 46.7. The number of nitrogens with two attached hydrogens (primary N) is 2. The zero-order valence-electron chi connectivity index (χ0n) is 15.2. The average Bonchev–Trinajstić information content (AvgIpc) is 2.62. The van der Waals surface area contributed by atoms with E-state index < -0.39 is 61.1 Å². The molecule has 0 aromatic heterocycles. The van der Waals surface area contributed by atoms with Gasteiger partial charge < -0.3 is 42.7 Å². The van der Waals surface area contributed by atoms with E-state index in [9.17, 15) is 24.3 Å². The standard InChI is InChI=1S/C15H29N5O7/c1-8(12(23)20-11(7-22)15(26)27)18-14(25)10(6-21)19-13(24)9(17)4-2-3-5-16/h8-11,21-22H,2-7,16-17H2,1H3,(H,18,25)(H,19,24)(H,20,23)(H,26,27). The second-order valence-electron chi connectivity index (χ2n) is 5.95. The molecule has 12 heteroatoms. The lowest BCUT2D eigenvalue weighted by Gasteiger charge is -2.22. The second kappa shape index (κ2) is 13.0. The number of nitrogens with one attached hydrogen (secondary N) is 3. The van der Waals surface area contributed by atoms with Crippen LogP contribution < -0.4 is 27.4 Å². The summed E-state index contributed by atoms with van der Waals surface area (Å²) in [7, 11) is 0. The minimum absolute atomic E-state index is 0.360. The number of hydrogen-bond donors (Lipinski definition) is 8. The molecule has 0 aromatic rings. The van der Waals surface area contributed by atoms with Gasteiger partial charge in [-0.2, -0.15) is 0 Å². The Bertz CT molecular complexity index is 517. The van der Waals surface area contributed by atoms with Gasteiger partial charge in [-0.05, 0) is 26.3 Å². The summed E-state index contributed by atoms with van der Waals surface area (Å²) in [5.74, 6) is -3.78. The summed E-state index contributed by atoms with van der Waals surface area (Å²) >= 11 is 0. The van der Waals surface area contributed by atoms with Crippen molar-refractivity contribution < 1.29 is 34.5 Å². The predicted octanol–water partition coefficient (Wildman–Crippen LogP) is -4.01. The monoisotopic (exact) mass is 391 g/mol. The van der Waals surface area contributed by atoms with Crippen molar-refractivity contribution in [1.29, 1.82) is 0 Å². The maximum absolute atomic E-state index is 12.1. The van der Waals surface area contributed by atoms with E-state index in [4.69, 9.17) is 21.7 Å². The van der Waals surface area contributed by atoms with Crippen molar-refractivity contribution in [3.8, 4) is 0 Å². The highest BCUT2D eigenvalue weighted by Gasteiger charge is 2.27. The van der Waals surface area contributed by atoms with Crippen molar-refractivity contribution in [2.24, 2.45) is 11.5 Å². The van der Waals surface area contributed by atoms with Gasteiger partial charge in [0, 0.05) is 0 Å². The third-order valence-electron chi connectivity index (χ3n) is 3.67. The van der Waals surface area contributed by atoms with Gasteiger partial charge in [0.15, 0.2) is 0 Å². The first-order valence-corrected chi connectivity index (χ1v) is 8.49. The lowest BCUT2D eigenvalue weighted by atomic mass is 10.1. The van der Waals surface area contributed by atoms with E-state index in [-0.39, 0.29) is 0 Å². The van der Waals surface area contributed by atoms with Crippen LogP contribution in [0.15, 0.2) is 0 Å². The number of carbonyl (C=O) groups excluding carboxylic acids is 3. The summed E-state index contributed by atoms with van der Waals surface area (Å²) in [6.45, 7) is 0.197. The molecule has 0 heterocycles. The molecular weight excluding hydrogens is 362 g/mol. The summed E-state index contributed by atoms with van der Waals surface area (Å²) in [6.07, 6.45) is 1.69. The van der Waals surface area contributed by atoms with E-state index in [1.54, 1.807) is 0 Å². The summed E-state index contributed by atoms with van der Waals surface area (Å²) < 4.78 is 0. The maximum atomic E-state index is 12.1. The first-order valence-electron chi connectivity index (χ1n) is 8.49. The first kappa shape index (κ1) is 24.7. The molecule has 0 fully saturated rings. The number of unbranched alkanes of at least 4 members (excludes halogenated alkanes) is 1. The molecule has 0 aliphatic carbocycles. The van der Waals surface area contributed by atoms with Crippen LogP contribution in [0.4, 0.5) is 0 Å². The summed E-state index contributed by atoms with van der Waals surface area (Å²) in [6, 6.07) is -4.90. The number of carboxylic acids is 1.